The molecule has 0 unspecified atom stereocenters. The molecule has 0 fully saturated rings. The number of pyridine rings is 1. The molecule has 0 saturated carbocycles. The molecule has 210 valence electrons. The van der Waals surface area contributed by atoms with Gasteiger partial charge in [-0.15, -0.1) is 11.3 Å². The van der Waals surface area contributed by atoms with E-state index in [4.69, 9.17) is 19.9 Å². The number of benzene rings is 6. The molecule has 0 spiro atoms. The standard InChI is InChI=1S/C40H24N4S/c1-3-12-30-25(9-1)11-7-14-31(30)26-19-21-27(22-20-26)38-42-39(29-23-28-10-2-5-16-34(28)41-24-29)44-40(43-38)33-15-8-18-36-37(33)32-13-4-6-17-35(32)45-36/h1-24H. The molecule has 0 N–H and O–H groups in total. The fourth-order valence-corrected chi connectivity index (χ4v) is 7.32. The maximum Gasteiger partial charge on any atom is 0.165 e. The average molecular weight is 593 g/mol. The summed E-state index contributed by atoms with van der Waals surface area (Å²) in [6.07, 6.45) is 1.86. The van der Waals surface area contributed by atoms with Gasteiger partial charge in [0.15, 0.2) is 17.5 Å². The molecule has 3 heterocycles. The Balaban J connectivity index is 1.23. The minimum Gasteiger partial charge on any atom is -0.255 e. The van der Waals surface area contributed by atoms with Crippen LogP contribution in [-0.4, -0.2) is 19.9 Å². The normalized spacial score (nSPS) is 11.6. The van der Waals surface area contributed by atoms with E-state index < -0.39 is 0 Å². The smallest absolute Gasteiger partial charge is 0.165 e. The van der Waals surface area contributed by atoms with Crippen molar-refractivity contribution in [3.05, 3.63) is 146 Å². The van der Waals surface area contributed by atoms with Gasteiger partial charge >= 0.3 is 0 Å². The van der Waals surface area contributed by atoms with Crippen molar-refractivity contribution in [1.82, 2.24) is 19.9 Å². The van der Waals surface area contributed by atoms with Crippen LogP contribution in [0.1, 0.15) is 0 Å². The molecule has 0 aliphatic carbocycles. The molecule has 0 saturated heterocycles. The van der Waals surface area contributed by atoms with Gasteiger partial charge in [-0.25, -0.2) is 15.0 Å². The Kier molecular flexibility index (Phi) is 5.96. The van der Waals surface area contributed by atoms with Crippen molar-refractivity contribution >= 4 is 53.2 Å². The molecule has 45 heavy (non-hydrogen) atoms. The van der Waals surface area contributed by atoms with E-state index in [-0.39, 0.29) is 0 Å². The highest BCUT2D eigenvalue weighted by Crippen LogP contribution is 2.40. The van der Waals surface area contributed by atoms with E-state index in [1.165, 1.54) is 36.5 Å². The molecule has 0 bridgehead atoms. The number of para-hydroxylation sites is 1. The topological polar surface area (TPSA) is 51.6 Å². The van der Waals surface area contributed by atoms with Gasteiger partial charge in [0.1, 0.15) is 0 Å². The van der Waals surface area contributed by atoms with Gasteiger partial charge in [0.2, 0.25) is 0 Å². The molecule has 0 atom stereocenters. The quantitative estimate of drug-likeness (QED) is 0.204. The lowest BCUT2D eigenvalue weighted by Crippen LogP contribution is -2.01. The third-order valence-electron chi connectivity index (χ3n) is 8.37. The monoisotopic (exact) mass is 592 g/mol. The first-order chi connectivity index (χ1) is 22.3. The van der Waals surface area contributed by atoms with Gasteiger partial charge in [0.05, 0.1) is 5.52 Å². The Morgan fingerprint density at radius 3 is 1.93 bits per heavy atom. The summed E-state index contributed by atoms with van der Waals surface area (Å²) >= 11 is 1.79. The van der Waals surface area contributed by atoms with Gasteiger partial charge in [0.25, 0.3) is 0 Å². The van der Waals surface area contributed by atoms with Crippen LogP contribution < -0.4 is 0 Å². The Labute approximate surface area is 263 Å². The molecule has 0 aliphatic heterocycles. The molecule has 5 heteroatoms. The highest BCUT2D eigenvalue weighted by Gasteiger charge is 2.17. The maximum atomic E-state index is 5.11. The zero-order chi connectivity index (χ0) is 29.7. The summed E-state index contributed by atoms with van der Waals surface area (Å²) in [7, 11) is 0. The third kappa shape index (κ3) is 4.44. The summed E-state index contributed by atoms with van der Waals surface area (Å²) < 4.78 is 2.46. The van der Waals surface area contributed by atoms with Crippen LogP contribution in [0.25, 0.3) is 87.1 Å². The predicted molar refractivity (Wildman–Crippen MR) is 187 cm³/mol. The number of aromatic nitrogens is 4. The molecule has 3 aromatic heterocycles. The zero-order valence-electron chi connectivity index (χ0n) is 24.1. The van der Waals surface area contributed by atoms with E-state index in [1.54, 1.807) is 11.3 Å². The van der Waals surface area contributed by atoms with Gasteiger partial charge in [-0.3, -0.25) is 4.98 Å². The number of hydrogen-bond acceptors (Lipinski definition) is 5. The molecule has 6 aromatic carbocycles. The number of rotatable bonds is 4. The zero-order valence-corrected chi connectivity index (χ0v) is 24.9. The molecule has 0 radical (unpaired) electrons. The summed E-state index contributed by atoms with van der Waals surface area (Å²) in [6.45, 7) is 0. The van der Waals surface area contributed by atoms with Crippen molar-refractivity contribution in [1.29, 1.82) is 0 Å². The Morgan fingerprint density at radius 2 is 1.04 bits per heavy atom. The summed E-state index contributed by atoms with van der Waals surface area (Å²) in [5, 5.41) is 5.89. The van der Waals surface area contributed by atoms with Crippen LogP contribution in [0.4, 0.5) is 0 Å². The van der Waals surface area contributed by atoms with Crippen LogP contribution in [-0.2, 0) is 0 Å². The fraction of sp³-hybridized carbons (Fsp3) is 0. The molecule has 0 amide bonds. The van der Waals surface area contributed by atoms with Crippen LogP contribution in [0.2, 0.25) is 0 Å². The lowest BCUT2D eigenvalue weighted by atomic mass is 9.97. The molecule has 0 aliphatic rings. The maximum absolute atomic E-state index is 5.11. The van der Waals surface area contributed by atoms with Crippen molar-refractivity contribution in [2.45, 2.75) is 0 Å². The van der Waals surface area contributed by atoms with Gasteiger partial charge in [0, 0.05) is 48.4 Å². The Bertz CT molecular complexity index is 2550. The molecular formula is C40H24N4S. The first kappa shape index (κ1) is 25.7. The second kappa shape index (κ2) is 10.4. The van der Waals surface area contributed by atoms with Crippen LogP contribution in [0.5, 0.6) is 0 Å². The van der Waals surface area contributed by atoms with Crippen molar-refractivity contribution < 1.29 is 0 Å². The minimum atomic E-state index is 0.600. The van der Waals surface area contributed by atoms with Crippen molar-refractivity contribution in [2.24, 2.45) is 0 Å². The van der Waals surface area contributed by atoms with Gasteiger partial charge < -0.3 is 0 Å². The van der Waals surface area contributed by atoms with Crippen molar-refractivity contribution in [3.63, 3.8) is 0 Å². The van der Waals surface area contributed by atoms with Crippen molar-refractivity contribution in [3.8, 4) is 45.3 Å². The lowest BCUT2D eigenvalue weighted by molar-refractivity contribution is 1.07. The van der Waals surface area contributed by atoms with Gasteiger partial charge in [-0.2, -0.15) is 0 Å². The van der Waals surface area contributed by atoms with E-state index in [2.05, 4.69) is 121 Å². The largest absolute Gasteiger partial charge is 0.255 e. The van der Waals surface area contributed by atoms with E-state index in [9.17, 15) is 0 Å². The van der Waals surface area contributed by atoms with Crippen molar-refractivity contribution in [2.75, 3.05) is 0 Å². The van der Waals surface area contributed by atoms with Crippen LogP contribution in [0.15, 0.2) is 146 Å². The minimum absolute atomic E-state index is 0.600. The number of thiophene rings is 1. The fourth-order valence-electron chi connectivity index (χ4n) is 6.18. The molecule has 9 aromatic rings. The predicted octanol–water partition coefficient (Wildman–Crippen LogP) is 10.6. The Hall–Kier alpha value is -5.78. The molecule has 4 nitrogen and oxygen atoms in total. The highest BCUT2D eigenvalue weighted by molar-refractivity contribution is 7.25. The van der Waals surface area contributed by atoms with E-state index >= 15 is 0 Å². The van der Waals surface area contributed by atoms with Crippen LogP contribution in [0.3, 0.4) is 0 Å². The first-order valence-electron chi connectivity index (χ1n) is 14.9. The SMILES string of the molecule is c1ccc2ncc(-c3nc(-c4ccc(-c5cccc6ccccc56)cc4)nc(-c4cccc5sc6ccccc6c45)n3)cc2c1. The summed E-state index contributed by atoms with van der Waals surface area (Å²) in [4.78, 5) is 19.9. The second-order valence-corrected chi connectivity index (χ2v) is 12.2. The van der Waals surface area contributed by atoms with E-state index in [0.29, 0.717) is 17.5 Å². The van der Waals surface area contributed by atoms with E-state index in [1.807, 2.05) is 24.4 Å². The number of nitrogens with zero attached hydrogens (tertiary/aromatic N) is 4. The molecule has 9 rings (SSSR count). The van der Waals surface area contributed by atoms with Gasteiger partial charge in [-0.1, -0.05) is 115 Å². The lowest BCUT2D eigenvalue weighted by Gasteiger charge is -2.11. The van der Waals surface area contributed by atoms with Crippen LogP contribution >= 0.6 is 11.3 Å². The Morgan fingerprint density at radius 1 is 0.422 bits per heavy atom. The number of fused-ring (bicyclic) bond motifs is 5. The van der Waals surface area contributed by atoms with Crippen LogP contribution in [0, 0.1) is 0 Å². The summed E-state index contributed by atoms with van der Waals surface area (Å²) in [6, 6.07) is 48.6. The first-order valence-corrected chi connectivity index (χ1v) is 15.7. The summed E-state index contributed by atoms with van der Waals surface area (Å²) in [5.74, 6) is 1.88. The third-order valence-corrected chi connectivity index (χ3v) is 9.51. The summed E-state index contributed by atoms with van der Waals surface area (Å²) in [5.41, 5.74) is 6.08. The van der Waals surface area contributed by atoms with E-state index in [0.717, 1.165) is 33.2 Å². The van der Waals surface area contributed by atoms with Gasteiger partial charge in [-0.05, 0) is 46.2 Å². The highest BCUT2D eigenvalue weighted by atomic mass is 32.1. The molecular weight excluding hydrogens is 569 g/mol. The average Bonchev–Trinajstić information content (AvgIpc) is 3.50. The number of hydrogen-bond donors (Lipinski definition) is 0. The second-order valence-electron chi connectivity index (χ2n) is 11.1.